The van der Waals surface area contributed by atoms with Crippen LogP contribution >= 0.6 is 11.3 Å². The fourth-order valence-electron chi connectivity index (χ4n) is 4.00. The number of furan rings is 1. The second-order valence-corrected chi connectivity index (χ2v) is 8.88. The van der Waals surface area contributed by atoms with Crippen LogP contribution in [0.15, 0.2) is 53.1 Å². The Labute approximate surface area is 191 Å². The van der Waals surface area contributed by atoms with E-state index >= 15 is 0 Å². The summed E-state index contributed by atoms with van der Waals surface area (Å²) >= 11 is 1.09. The van der Waals surface area contributed by atoms with E-state index in [0.717, 1.165) is 35.5 Å². The number of aromatic hydroxyl groups is 1. The maximum atomic E-state index is 13.1. The van der Waals surface area contributed by atoms with Crippen molar-refractivity contribution in [2.24, 2.45) is 5.92 Å². The number of anilines is 1. The average molecular weight is 466 g/mol. The van der Waals surface area contributed by atoms with Crippen molar-refractivity contribution < 1.29 is 23.4 Å². The maximum Gasteiger partial charge on any atom is 0.291 e. The number of methoxy groups -OCH3 is 1. The lowest BCUT2D eigenvalue weighted by Crippen LogP contribution is -2.49. The van der Waals surface area contributed by atoms with Crippen LogP contribution in [0.25, 0.3) is 27.4 Å². The molecule has 5 aromatic rings. The molecule has 1 N–H and O–H groups in total. The third kappa shape index (κ3) is 3.62. The van der Waals surface area contributed by atoms with E-state index in [2.05, 4.69) is 15.0 Å². The van der Waals surface area contributed by atoms with Gasteiger partial charge in [0.25, 0.3) is 5.19 Å². The largest absolute Gasteiger partial charge is 0.496 e. The number of ether oxygens (including phenoxy) is 2. The summed E-state index contributed by atoms with van der Waals surface area (Å²) < 4.78 is 32.3. The molecule has 0 amide bonds. The zero-order valence-corrected chi connectivity index (χ0v) is 18.4. The summed E-state index contributed by atoms with van der Waals surface area (Å²) in [6, 6.07) is 12.1. The van der Waals surface area contributed by atoms with Crippen molar-refractivity contribution in [3.8, 4) is 28.1 Å². The van der Waals surface area contributed by atoms with E-state index < -0.39 is 0 Å². The third-order valence-corrected chi connectivity index (χ3v) is 6.44. The molecule has 3 aromatic heterocycles. The topological polar surface area (TPSA) is 85.3 Å². The minimum Gasteiger partial charge on any atom is -0.496 e. The Kier molecular flexibility index (Phi) is 4.61. The van der Waals surface area contributed by atoms with Crippen molar-refractivity contribution >= 4 is 33.0 Å². The molecule has 0 atom stereocenters. The summed E-state index contributed by atoms with van der Waals surface area (Å²) in [4.78, 5) is 7.25. The van der Waals surface area contributed by atoms with Gasteiger partial charge in [-0.2, -0.15) is 0 Å². The summed E-state index contributed by atoms with van der Waals surface area (Å²) in [6.07, 6.45) is 1.71. The number of hydrogen-bond acceptors (Lipinski definition) is 8. The SMILES string of the molecule is COc1cc(OCC2CN(c3ccc(F)cc3)C2)c2cc(-c3cn4nc(O)sc4n3)oc2c1. The van der Waals surface area contributed by atoms with Gasteiger partial charge in [0.05, 0.1) is 25.3 Å². The van der Waals surface area contributed by atoms with Crippen LogP contribution in [0.4, 0.5) is 10.1 Å². The molecule has 1 aliphatic rings. The molecule has 168 valence electrons. The zero-order chi connectivity index (χ0) is 22.5. The Morgan fingerprint density at radius 1 is 1.21 bits per heavy atom. The number of aromatic nitrogens is 3. The first kappa shape index (κ1) is 19.9. The van der Waals surface area contributed by atoms with Crippen LogP contribution in [0.1, 0.15) is 0 Å². The number of benzene rings is 2. The van der Waals surface area contributed by atoms with Gasteiger partial charge in [0.1, 0.15) is 28.6 Å². The highest BCUT2D eigenvalue weighted by molar-refractivity contribution is 7.18. The molecule has 1 aliphatic heterocycles. The van der Waals surface area contributed by atoms with Crippen LogP contribution in [0.5, 0.6) is 16.7 Å². The van der Waals surface area contributed by atoms with Gasteiger partial charge < -0.3 is 23.9 Å². The summed E-state index contributed by atoms with van der Waals surface area (Å²) in [5, 5.41) is 14.3. The maximum absolute atomic E-state index is 13.1. The van der Waals surface area contributed by atoms with Gasteiger partial charge in [-0.25, -0.2) is 13.9 Å². The lowest BCUT2D eigenvalue weighted by molar-refractivity contribution is 0.222. The van der Waals surface area contributed by atoms with Gasteiger partial charge in [-0.1, -0.05) is 0 Å². The highest BCUT2D eigenvalue weighted by Crippen LogP contribution is 2.38. The number of nitrogens with zero attached hydrogens (tertiary/aromatic N) is 4. The molecule has 6 rings (SSSR count). The average Bonchev–Trinajstić information content (AvgIpc) is 3.45. The molecule has 8 nitrogen and oxygen atoms in total. The fourth-order valence-corrected chi connectivity index (χ4v) is 4.62. The van der Waals surface area contributed by atoms with Crippen LogP contribution in [0.2, 0.25) is 0 Å². The Balaban J connectivity index is 1.21. The summed E-state index contributed by atoms with van der Waals surface area (Å²) in [5.74, 6) is 2.02. The molecule has 0 saturated carbocycles. The Bertz CT molecular complexity index is 1420. The van der Waals surface area contributed by atoms with E-state index in [1.807, 2.05) is 18.2 Å². The molecule has 2 aromatic carbocycles. The van der Waals surface area contributed by atoms with Crippen LogP contribution < -0.4 is 14.4 Å². The summed E-state index contributed by atoms with van der Waals surface area (Å²) in [6.45, 7) is 2.24. The quantitative estimate of drug-likeness (QED) is 0.392. The number of hydrogen-bond donors (Lipinski definition) is 1. The fraction of sp³-hybridized carbons (Fsp3) is 0.217. The number of fused-ring (bicyclic) bond motifs is 2. The van der Waals surface area contributed by atoms with Crippen molar-refractivity contribution in [3.63, 3.8) is 0 Å². The zero-order valence-electron chi connectivity index (χ0n) is 17.6. The number of halogens is 1. The van der Waals surface area contributed by atoms with Crippen molar-refractivity contribution in [2.75, 3.05) is 31.7 Å². The van der Waals surface area contributed by atoms with Crippen LogP contribution in [0.3, 0.4) is 0 Å². The van der Waals surface area contributed by atoms with Crippen LogP contribution in [-0.4, -0.2) is 46.5 Å². The van der Waals surface area contributed by atoms with E-state index in [4.69, 9.17) is 13.9 Å². The highest BCUT2D eigenvalue weighted by atomic mass is 32.1. The van der Waals surface area contributed by atoms with E-state index in [-0.39, 0.29) is 11.0 Å². The van der Waals surface area contributed by atoms with Crippen LogP contribution in [0, 0.1) is 11.7 Å². The number of rotatable bonds is 6. The lowest BCUT2D eigenvalue weighted by atomic mass is 10.0. The first-order valence-electron chi connectivity index (χ1n) is 10.4. The van der Waals surface area contributed by atoms with Gasteiger partial charge in [0, 0.05) is 36.8 Å². The first-order chi connectivity index (χ1) is 16.1. The van der Waals surface area contributed by atoms with Gasteiger partial charge in [0.15, 0.2) is 5.76 Å². The van der Waals surface area contributed by atoms with Crippen molar-refractivity contribution in [1.29, 1.82) is 0 Å². The molecule has 0 spiro atoms. The van der Waals surface area contributed by atoms with Crippen molar-refractivity contribution in [3.05, 3.63) is 54.5 Å². The summed E-state index contributed by atoms with van der Waals surface area (Å²) in [5.41, 5.74) is 2.26. The molecule has 1 fully saturated rings. The standard InChI is InChI=1S/C23H19FN4O4S/c1-30-16-6-19(31-12-13-9-27(10-13)15-4-2-14(24)3-5-15)17-8-21(32-20(17)7-16)18-11-28-22(25-18)33-23(29)26-28/h2-8,11,13H,9-10,12H2,1H3,(H,26,29). The molecule has 0 bridgehead atoms. The van der Waals surface area contributed by atoms with Gasteiger partial charge >= 0.3 is 0 Å². The Hall–Kier alpha value is -3.79. The smallest absolute Gasteiger partial charge is 0.291 e. The molecule has 0 radical (unpaired) electrons. The van der Waals surface area contributed by atoms with Crippen LogP contribution in [-0.2, 0) is 0 Å². The summed E-state index contributed by atoms with van der Waals surface area (Å²) in [7, 11) is 1.60. The molecular formula is C23H19FN4O4S. The minimum atomic E-state index is -0.231. The molecule has 10 heteroatoms. The number of imidazole rings is 1. The predicted molar refractivity (Wildman–Crippen MR) is 122 cm³/mol. The second kappa shape index (κ2) is 7.66. The van der Waals surface area contributed by atoms with Crippen molar-refractivity contribution in [1.82, 2.24) is 14.6 Å². The van der Waals surface area contributed by atoms with Gasteiger partial charge in [-0.3, -0.25) is 0 Å². The third-order valence-electron chi connectivity index (χ3n) is 5.72. The van der Waals surface area contributed by atoms with E-state index in [1.54, 1.807) is 25.4 Å². The monoisotopic (exact) mass is 466 g/mol. The van der Waals surface area contributed by atoms with Crippen molar-refractivity contribution in [2.45, 2.75) is 0 Å². The Morgan fingerprint density at radius 2 is 2.03 bits per heavy atom. The minimum absolute atomic E-state index is 0.0388. The second-order valence-electron chi connectivity index (χ2n) is 7.94. The van der Waals surface area contributed by atoms with E-state index in [0.29, 0.717) is 46.0 Å². The molecule has 1 saturated heterocycles. The molecular weight excluding hydrogens is 447 g/mol. The molecule has 4 heterocycles. The lowest BCUT2D eigenvalue weighted by Gasteiger charge is -2.40. The van der Waals surface area contributed by atoms with Gasteiger partial charge in [-0.05, 0) is 41.7 Å². The normalized spacial score (nSPS) is 14.2. The Morgan fingerprint density at radius 3 is 2.79 bits per heavy atom. The predicted octanol–water partition coefficient (Wildman–Crippen LogP) is 4.57. The van der Waals surface area contributed by atoms with Gasteiger partial charge in [-0.15, -0.1) is 5.10 Å². The van der Waals surface area contributed by atoms with E-state index in [1.165, 1.54) is 16.6 Å². The highest BCUT2D eigenvalue weighted by Gasteiger charge is 2.28. The molecule has 0 aliphatic carbocycles. The molecule has 0 unspecified atom stereocenters. The molecule has 33 heavy (non-hydrogen) atoms. The van der Waals surface area contributed by atoms with E-state index in [9.17, 15) is 9.50 Å². The van der Waals surface area contributed by atoms with Gasteiger partial charge in [0.2, 0.25) is 4.96 Å². The first-order valence-corrected chi connectivity index (χ1v) is 11.2.